The third kappa shape index (κ3) is 3.11. The number of pyridine rings is 1. The maximum atomic E-state index is 12.9. The van der Waals surface area contributed by atoms with Crippen LogP contribution < -0.4 is 20.3 Å². The number of aromatic amines is 1. The number of H-pyrrole nitrogens is 1. The van der Waals surface area contributed by atoms with Crippen LogP contribution in [0.25, 0.3) is 10.9 Å². The molecule has 0 saturated heterocycles. The van der Waals surface area contributed by atoms with Gasteiger partial charge in [-0.15, -0.1) is 0 Å². The number of benzene rings is 2. The zero-order valence-corrected chi connectivity index (χ0v) is 13.7. The van der Waals surface area contributed by atoms with Gasteiger partial charge in [0.1, 0.15) is 19.0 Å². The molecule has 1 aliphatic heterocycles. The van der Waals surface area contributed by atoms with Gasteiger partial charge in [0.2, 0.25) is 0 Å². The van der Waals surface area contributed by atoms with Crippen molar-refractivity contribution in [2.45, 2.75) is 6.54 Å². The minimum absolute atomic E-state index is 0.0515. The molecular weight excluding hydrogens is 339 g/mol. The highest BCUT2D eigenvalue weighted by atomic mass is 19.1. The lowest BCUT2D eigenvalue weighted by molar-refractivity contribution is 0.0950. The highest BCUT2D eigenvalue weighted by Crippen LogP contribution is 2.33. The van der Waals surface area contributed by atoms with E-state index in [0.717, 1.165) is 5.39 Å². The van der Waals surface area contributed by atoms with Crippen LogP contribution in [-0.2, 0) is 6.54 Å². The lowest BCUT2D eigenvalue weighted by Crippen LogP contribution is -2.26. The number of amides is 1. The molecule has 0 radical (unpaired) electrons. The van der Waals surface area contributed by atoms with E-state index in [1.165, 1.54) is 24.3 Å². The first-order valence-corrected chi connectivity index (χ1v) is 8.09. The van der Waals surface area contributed by atoms with Gasteiger partial charge in [-0.1, -0.05) is 0 Å². The van der Waals surface area contributed by atoms with Crippen molar-refractivity contribution in [1.29, 1.82) is 0 Å². The van der Waals surface area contributed by atoms with Crippen LogP contribution in [0.2, 0.25) is 0 Å². The monoisotopic (exact) mass is 354 g/mol. The van der Waals surface area contributed by atoms with E-state index in [2.05, 4.69) is 10.3 Å². The number of nitrogens with one attached hydrogen (secondary N) is 2. The lowest BCUT2D eigenvalue weighted by atomic mass is 10.1. The molecule has 2 aromatic carbocycles. The molecule has 2 N–H and O–H groups in total. The molecule has 4 rings (SSSR count). The predicted molar refractivity (Wildman–Crippen MR) is 93.1 cm³/mol. The van der Waals surface area contributed by atoms with Crippen molar-refractivity contribution < 1.29 is 18.7 Å². The Bertz CT molecular complexity index is 1040. The van der Waals surface area contributed by atoms with Crippen molar-refractivity contribution in [3.8, 4) is 11.5 Å². The van der Waals surface area contributed by atoms with E-state index in [0.29, 0.717) is 41.4 Å². The first-order valence-electron chi connectivity index (χ1n) is 8.09. The van der Waals surface area contributed by atoms with Crippen molar-refractivity contribution >= 4 is 16.8 Å². The zero-order valence-electron chi connectivity index (χ0n) is 13.7. The number of rotatable bonds is 3. The Morgan fingerprint density at radius 3 is 2.50 bits per heavy atom. The molecule has 0 unspecified atom stereocenters. The second kappa shape index (κ2) is 6.51. The Morgan fingerprint density at radius 1 is 1.08 bits per heavy atom. The molecule has 0 aliphatic carbocycles. The molecule has 7 heteroatoms. The highest BCUT2D eigenvalue weighted by molar-refractivity contribution is 5.94. The summed E-state index contributed by atoms with van der Waals surface area (Å²) >= 11 is 0. The second-order valence-corrected chi connectivity index (χ2v) is 5.90. The van der Waals surface area contributed by atoms with Gasteiger partial charge in [-0.05, 0) is 36.4 Å². The molecule has 0 saturated carbocycles. The molecule has 2 heterocycles. The fraction of sp³-hybridized carbons (Fsp3) is 0.158. The van der Waals surface area contributed by atoms with Gasteiger partial charge in [-0.3, -0.25) is 9.59 Å². The molecule has 0 atom stereocenters. The topological polar surface area (TPSA) is 80.4 Å². The number of fused-ring (bicyclic) bond motifs is 2. The summed E-state index contributed by atoms with van der Waals surface area (Å²) in [6, 6.07) is 10.4. The summed E-state index contributed by atoms with van der Waals surface area (Å²) in [6.07, 6.45) is 0. The lowest BCUT2D eigenvalue weighted by Gasteiger charge is -2.18. The quantitative estimate of drug-likeness (QED) is 0.757. The molecule has 0 bridgehead atoms. The van der Waals surface area contributed by atoms with Crippen molar-refractivity contribution in [3.05, 3.63) is 69.8 Å². The van der Waals surface area contributed by atoms with Crippen LogP contribution in [0.1, 0.15) is 15.9 Å². The first-order chi connectivity index (χ1) is 12.6. The summed E-state index contributed by atoms with van der Waals surface area (Å²) in [6.45, 7) is 0.995. The number of carbonyl (C=O) groups is 1. The van der Waals surface area contributed by atoms with Crippen molar-refractivity contribution in [2.75, 3.05) is 13.2 Å². The summed E-state index contributed by atoms with van der Waals surface area (Å²) in [5, 5.41) is 3.44. The van der Waals surface area contributed by atoms with Crippen molar-refractivity contribution in [2.24, 2.45) is 0 Å². The summed E-state index contributed by atoms with van der Waals surface area (Å²) in [4.78, 5) is 27.2. The number of carbonyl (C=O) groups excluding carboxylic acids is 1. The van der Waals surface area contributed by atoms with Crippen molar-refractivity contribution in [1.82, 2.24) is 10.3 Å². The smallest absolute Gasteiger partial charge is 0.253 e. The SMILES string of the molecule is O=C(NCc1cc2cc3c(cc2[nH]c1=O)OCCO3)c1ccc(F)cc1. The van der Waals surface area contributed by atoms with E-state index in [1.807, 2.05) is 0 Å². The maximum absolute atomic E-state index is 12.9. The molecule has 0 spiro atoms. The van der Waals surface area contributed by atoms with E-state index >= 15 is 0 Å². The first kappa shape index (κ1) is 16.1. The minimum Gasteiger partial charge on any atom is -0.486 e. The average molecular weight is 354 g/mol. The van der Waals surface area contributed by atoms with E-state index in [-0.39, 0.29) is 18.0 Å². The average Bonchev–Trinajstić information content (AvgIpc) is 2.65. The zero-order chi connectivity index (χ0) is 18.1. The Hall–Kier alpha value is -3.35. The van der Waals surface area contributed by atoms with E-state index in [9.17, 15) is 14.0 Å². The molecule has 0 fully saturated rings. The van der Waals surface area contributed by atoms with Crippen LogP contribution in [0.5, 0.6) is 11.5 Å². The fourth-order valence-corrected chi connectivity index (χ4v) is 2.80. The summed E-state index contributed by atoms with van der Waals surface area (Å²) in [5.74, 6) is 0.419. The van der Waals surface area contributed by atoms with E-state index < -0.39 is 5.82 Å². The van der Waals surface area contributed by atoms with Gasteiger partial charge in [0, 0.05) is 29.1 Å². The number of hydrogen-bond acceptors (Lipinski definition) is 4. The van der Waals surface area contributed by atoms with Gasteiger partial charge in [-0.25, -0.2) is 4.39 Å². The summed E-state index contributed by atoms with van der Waals surface area (Å²) in [7, 11) is 0. The van der Waals surface area contributed by atoms with Gasteiger partial charge < -0.3 is 19.8 Å². The van der Waals surface area contributed by atoms with Crippen LogP contribution in [0.15, 0.2) is 47.3 Å². The highest BCUT2D eigenvalue weighted by Gasteiger charge is 2.14. The molecule has 6 nitrogen and oxygen atoms in total. The molecule has 1 aromatic heterocycles. The van der Waals surface area contributed by atoms with Crippen molar-refractivity contribution in [3.63, 3.8) is 0 Å². The van der Waals surface area contributed by atoms with Gasteiger partial charge in [0.05, 0.1) is 5.52 Å². The van der Waals surface area contributed by atoms with Gasteiger partial charge >= 0.3 is 0 Å². The van der Waals surface area contributed by atoms with Gasteiger partial charge in [0.25, 0.3) is 11.5 Å². The third-order valence-electron chi connectivity index (χ3n) is 4.13. The molecule has 1 aliphatic rings. The Balaban J connectivity index is 1.58. The number of ether oxygens (including phenoxy) is 2. The van der Waals surface area contributed by atoms with Crippen LogP contribution in [0.4, 0.5) is 4.39 Å². The number of aromatic nitrogens is 1. The van der Waals surface area contributed by atoms with Gasteiger partial charge in [0.15, 0.2) is 11.5 Å². The normalized spacial score (nSPS) is 12.8. The molecular formula is C19H15FN2O4. The largest absolute Gasteiger partial charge is 0.486 e. The molecule has 3 aromatic rings. The number of halogens is 1. The molecule has 132 valence electrons. The Labute approximate surface area is 147 Å². The summed E-state index contributed by atoms with van der Waals surface area (Å²) in [5.41, 5.74) is 1.06. The second-order valence-electron chi connectivity index (χ2n) is 5.90. The predicted octanol–water partition coefficient (Wildman–Crippen LogP) is 2.37. The fourth-order valence-electron chi connectivity index (χ4n) is 2.80. The van der Waals surface area contributed by atoms with E-state index in [4.69, 9.17) is 9.47 Å². The van der Waals surface area contributed by atoms with E-state index in [1.54, 1.807) is 18.2 Å². The van der Waals surface area contributed by atoms with Crippen LogP contribution in [-0.4, -0.2) is 24.1 Å². The Kier molecular flexibility index (Phi) is 4.04. The molecule has 1 amide bonds. The van der Waals surface area contributed by atoms with Crippen LogP contribution in [0, 0.1) is 5.82 Å². The van der Waals surface area contributed by atoms with Crippen LogP contribution in [0.3, 0.4) is 0 Å². The Morgan fingerprint density at radius 2 is 1.77 bits per heavy atom. The molecule has 26 heavy (non-hydrogen) atoms. The van der Waals surface area contributed by atoms with Crippen LogP contribution >= 0.6 is 0 Å². The number of hydrogen-bond donors (Lipinski definition) is 2. The van der Waals surface area contributed by atoms with Gasteiger partial charge in [-0.2, -0.15) is 0 Å². The minimum atomic E-state index is -0.415. The maximum Gasteiger partial charge on any atom is 0.253 e. The third-order valence-corrected chi connectivity index (χ3v) is 4.13. The summed E-state index contributed by atoms with van der Waals surface area (Å²) < 4.78 is 24.0. The standard InChI is InChI=1S/C19H15FN2O4/c20-14-3-1-11(2-4-14)18(23)21-10-13-7-12-8-16-17(26-6-5-25-16)9-15(12)22-19(13)24/h1-4,7-9H,5-6,10H2,(H,21,23)(H,22,24).